The Kier molecular flexibility index (Phi) is 5.18. The van der Waals surface area contributed by atoms with Gasteiger partial charge < -0.3 is 17.9 Å². The SMILES string of the molecule is COc1cc(C(C)(C)C)c2op(F)oc3c(C(C)(C)C)cc(OC)cc3c2c1. The van der Waals surface area contributed by atoms with E-state index in [0.717, 1.165) is 21.9 Å². The van der Waals surface area contributed by atoms with Crippen LogP contribution in [0.4, 0.5) is 4.20 Å². The van der Waals surface area contributed by atoms with Gasteiger partial charge in [0.25, 0.3) is 0 Å². The molecule has 0 aliphatic carbocycles. The molecule has 0 atom stereocenters. The van der Waals surface area contributed by atoms with Gasteiger partial charge in [0.2, 0.25) is 0 Å². The predicted octanol–water partition coefficient (Wildman–Crippen LogP) is 7.63. The highest BCUT2D eigenvalue weighted by Crippen LogP contribution is 2.45. The Labute approximate surface area is 166 Å². The van der Waals surface area contributed by atoms with Crippen LogP contribution in [0.2, 0.25) is 0 Å². The smallest absolute Gasteiger partial charge is 0.430 e. The summed E-state index contributed by atoms with van der Waals surface area (Å²) in [6, 6.07) is 7.54. The van der Waals surface area contributed by atoms with Crippen LogP contribution in [0.25, 0.3) is 21.9 Å². The molecule has 0 saturated heterocycles. The van der Waals surface area contributed by atoms with E-state index >= 15 is 0 Å². The highest BCUT2D eigenvalue weighted by molar-refractivity contribution is 7.31. The van der Waals surface area contributed by atoms with E-state index in [1.165, 1.54) is 0 Å². The standard InChI is InChI=1S/C22H28FO4P/c1-21(2,3)17-11-13(24-7)9-15-16-10-14(25-8)12-18(22(4,5)6)20(16)27-28(23)26-19(15)17/h9-12H,1-8H3. The van der Waals surface area contributed by atoms with Crippen LogP contribution in [0.3, 0.4) is 0 Å². The molecule has 3 aromatic rings. The first-order valence-corrected chi connectivity index (χ1v) is 10.3. The lowest BCUT2D eigenvalue weighted by molar-refractivity contribution is 0.413. The largest absolute Gasteiger partial charge is 0.497 e. The number of rotatable bonds is 2. The number of methoxy groups -OCH3 is 2. The molecule has 152 valence electrons. The van der Waals surface area contributed by atoms with Crippen LogP contribution in [-0.4, -0.2) is 14.2 Å². The van der Waals surface area contributed by atoms with Crippen LogP contribution in [0, 0.1) is 0 Å². The van der Waals surface area contributed by atoms with Crippen molar-refractivity contribution in [3.8, 4) is 11.5 Å². The molecular weight excluding hydrogens is 378 g/mol. The summed E-state index contributed by atoms with van der Waals surface area (Å²) >= 11 is 0. The first-order chi connectivity index (χ1) is 13.0. The van der Waals surface area contributed by atoms with Gasteiger partial charge in [-0.3, -0.25) is 0 Å². The highest BCUT2D eigenvalue weighted by atomic mass is 31.1. The summed E-state index contributed by atoms with van der Waals surface area (Å²) in [6.07, 6.45) is 0. The maximum atomic E-state index is 14.9. The van der Waals surface area contributed by atoms with Crippen LogP contribution in [0.5, 0.6) is 11.5 Å². The van der Waals surface area contributed by atoms with Gasteiger partial charge in [-0.1, -0.05) is 41.5 Å². The fraction of sp³-hybridized carbons (Fsp3) is 0.455. The molecule has 0 saturated carbocycles. The van der Waals surface area contributed by atoms with Gasteiger partial charge in [0.05, 0.1) is 14.2 Å². The second kappa shape index (κ2) is 7.04. The van der Waals surface area contributed by atoms with Gasteiger partial charge in [0.15, 0.2) is 0 Å². The zero-order valence-corrected chi connectivity index (χ0v) is 18.7. The number of ether oxygens (including phenoxy) is 2. The summed E-state index contributed by atoms with van der Waals surface area (Å²) in [7, 11) is 0.617. The van der Waals surface area contributed by atoms with E-state index in [1.54, 1.807) is 14.2 Å². The van der Waals surface area contributed by atoms with E-state index in [-0.39, 0.29) is 10.8 Å². The Hall–Kier alpha value is -2.13. The molecule has 2 aromatic carbocycles. The maximum absolute atomic E-state index is 14.9. The van der Waals surface area contributed by atoms with E-state index in [9.17, 15) is 4.20 Å². The van der Waals surface area contributed by atoms with Crippen molar-refractivity contribution in [1.29, 1.82) is 0 Å². The van der Waals surface area contributed by atoms with Gasteiger partial charge in [-0.25, -0.2) is 0 Å². The maximum Gasteiger partial charge on any atom is 0.430 e. The Balaban J connectivity index is 2.67. The van der Waals surface area contributed by atoms with Crippen LogP contribution >= 0.6 is 8.32 Å². The van der Waals surface area contributed by atoms with E-state index in [1.807, 2.05) is 24.3 Å². The Morgan fingerprint density at radius 3 is 1.36 bits per heavy atom. The van der Waals surface area contributed by atoms with Crippen LogP contribution in [0.15, 0.2) is 32.7 Å². The molecule has 0 aliphatic rings. The quantitative estimate of drug-likeness (QED) is 0.439. The summed E-state index contributed by atoms with van der Waals surface area (Å²) in [6.45, 7) is 12.4. The third kappa shape index (κ3) is 3.73. The fourth-order valence-corrected chi connectivity index (χ4v) is 4.03. The number of hydrogen-bond acceptors (Lipinski definition) is 4. The minimum absolute atomic E-state index is 0.273. The molecule has 1 aromatic heterocycles. The topological polar surface area (TPSA) is 44.7 Å². The number of benzene rings is 2. The fourth-order valence-electron chi connectivity index (χ4n) is 3.31. The molecule has 0 spiro atoms. The molecule has 0 radical (unpaired) electrons. The number of halogens is 1. The molecule has 0 unspecified atom stereocenters. The minimum Gasteiger partial charge on any atom is -0.497 e. The summed E-state index contributed by atoms with van der Waals surface area (Å²) in [4.78, 5) is 0. The lowest BCUT2D eigenvalue weighted by atomic mass is 9.84. The molecule has 3 rings (SSSR count). The minimum atomic E-state index is -2.63. The molecule has 0 fully saturated rings. The van der Waals surface area contributed by atoms with Crippen molar-refractivity contribution in [3.63, 3.8) is 0 Å². The van der Waals surface area contributed by atoms with Gasteiger partial charge in [-0.05, 0) is 35.1 Å². The molecule has 6 heteroatoms. The summed E-state index contributed by atoms with van der Waals surface area (Å²) < 4.78 is 37.4. The van der Waals surface area contributed by atoms with Crippen LogP contribution in [-0.2, 0) is 10.8 Å². The summed E-state index contributed by atoms with van der Waals surface area (Å²) in [5, 5.41) is 1.48. The third-order valence-electron chi connectivity index (χ3n) is 4.83. The zero-order chi connectivity index (χ0) is 20.9. The van der Waals surface area contributed by atoms with E-state index in [0.29, 0.717) is 22.7 Å². The van der Waals surface area contributed by atoms with Gasteiger partial charge in [-0.15, -0.1) is 4.20 Å². The molecule has 1 heterocycles. The lowest BCUT2D eigenvalue weighted by Gasteiger charge is -2.21. The molecule has 4 nitrogen and oxygen atoms in total. The first kappa shape index (κ1) is 20.6. The first-order valence-electron chi connectivity index (χ1n) is 9.23. The van der Waals surface area contributed by atoms with Crippen molar-refractivity contribution in [1.82, 2.24) is 0 Å². The second-order valence-electron chi connectivity index (χ2n) is 9.00. The van der Waals surface area contributed by atoms with Gasteiger partial charge in [0.1, 0.15) is 22.7 Å². The predicted molar refractivity (Wildman–Crippen MR) is 113 cm³/mol. The molecule has 0 bridgehead atoms. The Morgan fingerprint density at radius 1 is 0.714 bits per heavy atom. The van der Waals surface area contributed by atoms with E-state index in [2.05, 4.69) is 41.5 Å². The van der Waals surface area contributed by atoms with E-state index in [4.69, 9.17) is 17.9 Å². The van der Waals surface area contributed by atoms with Gasteiger partial charge in [0, 0.05) is 21.9 Å². The zero-order valence-electron chi connectivity index (χ0n) is 17.8. The van der Waals surface area contributed by atoms with Crippen molar-refractivity contribution in [2.75, 3.05) is 14.2 Å². The molecule has 28 heavy (non-hydrogen) atoms. The molecule has 0 aliphatic heterocycles. The number of fused-ring (bicyclic) bond motifs is 3. The Bertz CT molecular complexity index is 988. The molecular formula is C22H28FO4P. The van der Waals surface area contributed by atoms with Crippen LogP contribution < -0.4 is 9.47 Å². The second-order valence-corrected chi connectivity index (χ2v) is 9.79. The van der Waals surface area contributed by atoms with Crippen molar-refractivity contribution < 1.29 is 22.1 Å². The monoisotopic (exact) mass is 406 g/mol. The lowest BCUT2D eigenvalue weighted by Crippen LogP contribution is -2.12. The summed E-state index contributed by atoms with van der Waals surface area (Å²) in [5.74, 6) is 1.37. The normalized spacial score (nSPS) is 12.5. The summed E-state index contributed by atoms with van der Waals surface area (Å²) in [5.41, 5.74) is 2.17. The average Bonchev–Trinajstić information content (AvgIpc) is 2.73. The molecule has 0 amide bonds. The van der Waals surface area contributed by atoms with Crippen LogP contribution in [0.1, 0.15) is 52.7 Å². The van der Waals surface area contributed by atoms with Crippen molar-refractivity contribution >= 4 is 30.3 Å². The van der Waals surface area contributed by atoms with E-state index < -0.39 is 8.32 Å². The van der Waals surface area contributed by atoms with Crippen molar-refractivity contribution in [2.24, 2.45) is 0 Å². The van der Waals surface area contributed by atoms with Gasteiger partial charge in [-0.2, -0.15) is 0 Å². The molecule has 0 N–H and O–H groups in total. The Morgan fingerprint density at radius 2 is 1.07 bits per heavy atom. The average molecular weight is 406 g/mol. The van der Waals surface area contributed by atoms with Crippen molar-refractivity contribution in [3.05, 3.63) is 35.4 Å². The number of hydrogen-bond donors (Lipinski definition) is 0. The highest BCUT2D eigenvalue weighted by Gasteiger charge is 2.25. The van der Waals surface area contributed by atoms with Crippen molar-refractivity contribution in [2.45, 2.75) is 52.4 Å². The van der Waals surface area contributed by atoms with Gasteiger partial charge >= 0.3 is 8.32 Å². The third-order valence-corrected chi connectivity index (χ3v) is 5.48.